The van der Waals surface area contributed by atoms with Gasteiger partial charge in [-0.1, -0.05) is 6.07 Å². The summed E-state index contributed by atoms with van der Waals surface area (Å²) in [5, 5.41) is 0.393. The lowest BCUT2D eigenvalue weighted by molar-refractivity contribution is -0.108. The van der Waals surface area contributed by atoms with Gasteiger partial charge in [-0.25, -0.2) is 4.98 Å². The van der Waals surface area contributed by atoms with Gasteiger partial charge in [0, 0.05) is 11.8 Å². The number of aromatic nitrogens is 1. The van der Waals surface area contributed by atoms with Gasteiger partial charge in [-0.15, -0.1) is 0 Å². The molecule has 1 aromatic rings. The summed E-state index contributed by atoms with van der Waals surface area (Å²) in [6, 6.07) is 3.53. The van der Waals surface area contributed by atoms with Crippen LogP contribution < -0.4 is 4.72 Å². The van der Waals surface area contributed by atoms with Crippen LogP contribution in [0.2, 0.25) is 0 Å². The van der Waals surface area contributed by atoms with E-state index >= 15 is 0 Å². The molecule has 64 valence electrons. The van der Waals surface area contributed by atoms with Gasteiger partial charge in [-0.2, -0.15) is 4.72 Å². The average Bonchev–Trinajstić information content (AvgIpc) is 2.05. The van der Waals surface area contributed by atoms with Crippen molar-refractivity contribution in [3.63, 3.8) is 0 Å². The van der Waals surface area contributed by atoms with Gasteiger partial charge in [0.25, 0.3) is 5.03 Å². The molecule has 0 aliphatic carbocycles. The van der Waals surface area contributed by atoms with Gasteiger partial charge in [0.15, 0.2) is 0 Å². The van der Waals surface area contributed by atoms with Crippen LogP contribution in [-0.4, -0.2) is 15.9 Å². The Morgan fingerprint density at radius 2 is 2.50 bits per heavy atom. The summed E-state index contributed by atoms with van der Waals surface area (Å²) in [6.45, 7) is 1.78. The topological polar surface area (TPSA) is 65.1 Å². The third-order valence-corrected chi connectivity index (χ3v) is 2.38. The van der Waals surface area contributed by atoms with E-state index < -0.39 is 11.4 Å². The Morgan fingerprint density at radius 1 is 1.75 bits per heavy atom. The fraction of sp³-hybridized carbons (Fsp3) is 0.143. The van der Waals surface area contributed by atoms with Crippen molar-refractivity contribution in [2.75, 3.05) is 0 Å². The lowest BCUT2D eigenvalue weighted by atomic mass is 10.3. The van der Waals surface area contributed by atoms with Crippen molar-refractivity contribution in [1.29, 1.82) is 0 Å². The molecule has 0 fully saturated rings. The molecule has 1 atom stereocenters. The minimum Gasteiger partial charge on any atom is -0.587 e. The van der Waals surface area contributed by atoms with Crippen LogP contribution >= 0.6 is 0 Å². The molecule has 0 spiro atoms. The quantitative estimate of drug-likeness (QED) is 0.537. The van der Waals surface area contributed by atoms with Crippen molar-refractivity contribution < 1.29 is 9.35 Å². The van der Waals surface area contributed by atoms with Crippen LogP contribution in [0.3, 0.4) is 0 Å². The number of nitrogens with one attached hydrogen (secondary N) is 1. The summed E-state index contributed by atoms with van der Waals surface area (Å²) in [4.78, 5) is 13.8. The number of amides is 1. The Morgan fingerprint density at radius 3 is 3.08 bits per heavy atom. The first-order chi connectivity index (χ1) is 5.75. The fourth-order valence-electron chi connectivity index (χ4n) is 0.765. The summed E-state index contributed by atoms with van der Waals surface area (Å²) >= 11 is -1.52. The van der Waals surface area contributed by atoms with Crippen LogP contribution in [0.5, 0.6) is 0 Å². The summed E-state index contributed by atoms with van der Waals surface area (Å²) in [6.07, 6.45) is 1.93. The predicted octanol–water partition coefficient (Wildman–Crippen LogP) is 0.159. The molecule has 0 aromatic carbocycles. The van der Waals surface area contributed by atoms with Gasteiger partial charge in [0.05, 0.1) is 0 Å². The first kappa shape index (κ1) is 9.02. The Kier molecular flexibility index (Phi) is 3.07. The molecular weight excluding hydrogens is 176 g/mol. The summed E-state index contributed by atoms with van der Waals surface area (Å²) in [7, 11) is 0. The summed E-state index contributed by atoms with van der Waals surface area (Å²) < 4.78 is 13.3. The van der Waals surface area contributed by atoms with Gasteiger partial charge >= 0.3 is 0 Å². The normalized spacial score (nSPS) is 12.2. The maximum Gasteiger partial charge on any atom is 0.274 e. The highest BCUT2D eigenvalue weighted by Gasteiger charge is 2.14. The van der Waals surface area contributed by atoms with Crippen LogP contribution in [0.4, 0.5) is 0 Å². The number of aryl methyl sites for hydroxylation is 1. The Hall–Kier alpha value is -1.07. The molecule has 1 aromatic heterocycles. The SMILES string of the molecule is Cc1cccnc1[S+]([O-])NC=O. The van der Waals surface area contributed by atoms with E-state index in [1.807, 2.05) is 0 Å². The average molecular weight is 184 g/mol. The van der Waals surface area contributed by atoms with Crippen LogP contribution in [0.1, 0.15) is 5.56 Å². The molecule has 1 rings (SSSR count). The largest absolute Gasteiger partial charge is 0.587 e. The molecule has 1 unspecified atom stereocenters. The van der Waals surface area contributed by atoms with E-state index in [0.717, 1.165) is 5.56 Å². The zero-order valence-corrected chi connectivity index (χ0v) is 7.30. The first-order valence-corrected chi connectivity index (χ1v) is 4.44. The van der Waals surface area contributed by atoms with Crippen LogP contribution in [-0.2, 0) is 16.2 Å². The minimum atomic E-state index is -1.52. The molecular formula is C7H8N2O2S. The zero-order chi connectivity index (χ0) is 8.97. The Labute approximate surface area is 73.3 Å². The number of pyridine rings is 1. The third-order valence-electron chi connectivity index (χ3n) is 1.29. The monoisotopic (exact) mass is 184 g/mol. The van der Waals surface area contributed by atoms with Crippen molar-refractivity contribution in [2.45, 2.75) is 11.9 Å². The second-order valence-electron chi connectivity index (χ2n) is 2.13. The molecule has 0 radical (unpaired) electrons. The van der Waals surface area contributed by atoms with Gasteiger partial charge in [0.2, 0.25) is 6.41 Å². The highest BCUT2D eigenvalue weighted by atomic mass is 32.2. The molecule has 12 heavy (non-hydrogen) atoms. The van der Waals surface area contributed by atoms with Crippen molar-refractivity contribution in [3.8, 4) is 0 Å². The number of nitrogens with zero attached hydrogens (tertiary/aromatic N) is 1. The predicted molar refractivity (Wildman–Crippen MR) is 44.6 cm³/mol. The van der Waals surface area contributed by atoms with E-state index in [1.54, 1.807) is 19.1 Å². The zero-order valence-electron chi connectivity index (χ0n) is 6.48. The number of hydrogen-bond acceptors (Lipinski definition) is 3. The summed E-state index contributed by atoms with van der Waals surface area (Å²) in [5.41, 5.74) is 0.796. The second-order valence-corrected chi connectivity index (χ2v) is 3.29. The number of rotatable bonds is 3. The number of carbonyl (C=O) groups excluding carboxylic acids is 1. The molecule has 0 saturated carbocycles. The van der Waals surface area contributed by atoms with Crippen molar-refractivity contribution in [2.24, 2.45) is 0 Å². The van der Waals surface area contributed by atoms with Crippen LogP contribution in [0.25, 0.3) is 0 Å². The Balaban J connectivity index is 2.86. The van der Waals surface area contributed by atoms with E-state index in [0.29, 0.717) is 11.4 Å². The van der Waals surface area contributed by atoms with E-state index in [9.17, 15) is 9.35 Å². The molecule has 0 bridgehead atoms. The highest BCUT2D eigenvalue weighted by Crippen LogP contribution is 2.09. The molecule has 0 saturated heterocycles. The molecule has 0 aliphatic heterocycles. The third kappa shape index (κ3) is 1.96. The molecule has 1 amide bonds. The van der Waals surface area contributed by atoms with Gasteiger partial charge in [-0.05, 0) is 13.0 Å². The maximum absolute atomic E-state index is 11.2. The van der Waals surface area contributed by atoms with E-state index in [-0.39, 0.29) is 0 Å². The van der Waals surface area contributed by atoms with Crippen LogP contribution in [0, 0.1) is 6.92 Å². The van der Waals surface area contributed by atoms with Crippen LogP contribution in [0.15, 0.2) is 23.4 Å². The van der Waals surface area contributed by atoms with Gasteiger partial charge in [0.1, 0.15) is 11.4 Å². The number of carbonyl (C=O) groups is 1. The molecule has 0 aliphatic rings. The standard InChI is InChI=1S/C7H8N2O2S/c1-6-3-2-4-8-7(6)12(11)9-5-10/h2-5H,1H3,(H,9,10). The summed E-state index contributed by atoms with van der Waals surface area (Å²) in [5.74, 6) is 0. The molecule has 1 heterocycles. The first-order valence-electron chi connectivity index (χ1n) is 3.29. The highest BCUT2D eigenvalue weighted by molar-refractivity contribution is 7.90. The lowest BCUT2D eigenvalue weighted by Gasteiger charge is -2.06. The van der Waals surface area contributed by atoms with Gasteiger partial charge in [-0.3, -0.25) is 4.79 Å². The van der Waals surface area contributed by atoms with E-state index in [2.05, 4.69) is 9.71 Å². The molecule has 4 nitrogen and oxygen atoms in total. The molecule has 1 N–H and O–H groups in total. The van der Waals surface area contributed by atoms with Crippen molar-refractivity contribution in [3.05, 3.63) is 23.9 Å². The van der Waals surface area contributed by atoms with Gasteiger partial charge < -0.3 is 4.55 Å². The van der Waals surface area contributed by atoms with E-state index in [1.165, 1.54) is 6.20 Å². The lowest BCUT2D eigenvalue weighted by Crippen LogP contribution is -2.23. The second kappa shape index (κ2) is 4.08. The van der Waals surface area contributed by atoms with E-state index in [4.69, 9.17) is 0 Å². The molecule has 5 heteroatoms. The van der Waals surface area contributed by atoms with Crippen molar-refractivity contribution in [1.82, 2.24) is 9.71 Å². The maximum atomic E-state index is 11.2. The van der Waals surface area contributed by atoms with Crippen molar-refractivity contribution >= 4 is 17.8 Å². The minimum absolute atomic E-state index is 0.393. The number of hydrogen-bond donors (Lipinski definition) is 1. The Bertz CT molecular complexity index is 280. The fourth-order valence-corrected chi connectivity index (χ4v) is 1.48. The smallest absolute Gasteiger partial charge is 0.274 e.